The lowest BCUT2D eigenvalue weighted by atomic mass is 9.98. The molecule has 1 aliphatic carbocycles. The van der Waals surface area contributed by atoms with Crippen molar-refractivity contribution in [1.82, 2.24) is 16.0 Å². The van der Waals surface area contributed by atoms with E-state index >= 15 is 0 Å². The number of benzene rings is 3. The van der Waals surface area contributed by atoms with E-state index < -0.39 is 42.0 Å². The molecule has 4 rings (SSSR count). The number of rotatable bonds is 11. The molecule has 0 bridgehead atoms. The number of carboxylic acids is 1. The van der Waals surface area contributed by atoms with Crippen molar-refractivity contribution in [2.45, 2.75) is 51.2 Å². The van der Waals surface area contributed by atoms with Crippen LogP contribution in [0.25, 0.3) is 11.1 Å². The molecule has 0 fully saturated rings. The van der Waals surface area contributed by atoms with Crippen LogP contribution in [0.15, 0.2) is 78.9 Å². The number of fused-ring (bicyclic) bond motifs is 3. The zero-order valence-electron chi connectivity index (χ0n) is 23.3. The van der Waals surface area contributed by atoms with Crippen LogP contribution in [0.3, 0.4) is 0 Å². The number of aliphatic carboxylic acids is 1. The van der Waals surface area contributed by atoms with Crippen molar-refractivity contribution in [3.8, 4) is 11.1 Å². The van der Waals surface area contributed by atoms with Gasteiger partial charge in [-0.25, -0.2) is 4.79 Å². The summed E-state index contributed by atoms with van der Waals surface area (Å²) in [6.07, 6.45) is -0.595. The maximum absolute atomic E-state index is 13.4. The van der Waals surface area contributed by atoms with Gasteiger partial charge in [-0.3, -0.25) is 14.4 Å². The maximum Gasteiger partial charge on any atom is 0.407 e. The third kappa shape index (κ3) is 7.11. The van der Waals surface area contributed by atoms with E-state index in [1.165, 1.54) is 6.92 Å². The van der Waals surface area contributed by atoms with Crippen LogP contribution in [-0.2, 0) is 25.5 Å². The van der Waals surface area contributed by atoms with E-state index in [-0.39, 0.29) is 24.9 Å². The van der Waals surface area contributed by atoms with E-state index in [1.54, 1.807) is 13.8 Å². The number of alkyl carbamates (subject to hydrolysis) is 1. The smallest absolute Gasteiger partial charge is 0.407 e. The summed E-state index contributed by atoms with van der Waals surface area (Å²) in [6, 6.07) is 22.0. The normalized spacial score (nSPS) is 14.2. The summed E-state index contributed by atoms with van der Waals surface area (Å²) in [6.45, 7) is 4.91. The van der Waals surface area contributed by atoms with Crippen molar-refractivity contribution in [3.63, 3.8) is 0 Å². The van der Waals surface area contributed by atoms with E-state index in [0.717, 1.165) is 27.8 Å². The topological polar surface area (TPSA) is 134 Å². The highest BCUT2D eigenvalue weighted by molar-refractivity contribution is 5.93. The van der Waals surface area contributed by atoms with Gasteiger partial charge in [-0.2, -0.15) is 0 Å². The van der Waals surface area contributed by atoms with Crippen molar-refractivity contribution < 1.29 is 29.0 Å². The summed E-state index contributed by atoms with van der Waals surface area (Å²) in [4.78, 5) is 50.5. The molecule has 0 aliphatic heterocycles. The highest BCUT2D eigenvalue weighted by atomic mass is 16.5. The molecule has 4 N–H and O–H groups in total. The second-order valence-corrected chi connectivity index (χ2v) is 10.5. The molecule has 0 aromatic heterocycles. The number of nitrogens with one attached hydrogen (secondary N) is 3. The molecule has 0 heterocycles. The molecule has 3 aromatic carbocycles. The van der Waals surface area contributed by atoms with E-state index in [0.29, 0.717) is 0 Å². The lowest BCUT2D eigenvalue weighted by Crippen LogP contribution is -2.57. The minimum absolute atomic E-state index is 0.0869. The molecule has 3 atom stereocenters. The van der Waals surface area contributed by atoms with Crippen LogP contribution >= 0.6 is 0 Å². The minimum Gasteiger partial charge on any atom is -0.480 e. The van der Waals surface area contributed by atoms with Crippen LogP contribution in [0.4, 0.5) is 4.79 Å². The first-order valence-corrected chi connectivity index (χ1v) is 13.6. The molecule has 0 saturated carbocycles. The molecule has 0 saturated heterocycles. The summed E-state index contributed by atoms with van der Waals surface area (Å²) < 4.78 is 5.66. The molecule has 9 nitrogen and oxygen atoms in total. The number of carbonyl (C=O) groups excluding carboxylic acids is 3. The predicted octanol–water partition coefficient (Wildman–Crippen LogP) is 3.87. The summed E-state index contributed by atoms with van der Waals surface area (Å²) in [7, 11) is 0. The molecule has 1 aliphatic rings. The van der Waals surface area contributed by atoms with Gasteiger partial charge < -0.3 is 25.8 Å². The molecule has 3 aromatic rings. The number of carboxylic acid groups (broad SMARTS) is 1. The molecule has 0 spiro atoms. The van der Waals surface area contributed by atoms with Gasteiger partial charge in [-0.15, -0.1) is 0 Å². The van der Waals surface area contributed by atoms with Gasteiger partial charge in [0.15, 0.2) is 0 Å². The largest absolute Gasteiger partial charge is 0.480 e. The van der Waals surface area contributed by atoms with Crippen LogP contribution in [0, 0.1) is 5.92 Å². The number of hydrogen-bond donors (Lipinski definition) is 4. The van der Waals surface area contributed by atoms with E-state index in [4.69, 9.17) is 9.84 Å². The number of ether oxygens (including phenoxy) is 1. The van der Waals surface area contributed by atoms with Crippen molar-refractivity contribution in [2.24, 2.45) is 5.92 Å². The molecule has 214 valence electrons. The van der Waals surface area contributed by atoms with E-state index in [9.17, 15) is 19.2 Å². The van der Waals surface area contributed by atoms with Crippen LogP contribution < -0.4 is 16.0 Å². The maximum atomic E-state index is 13.4. The molecular formula is C32H35N3O6. The average molecular weight is 558 g/mol. The second kappa shape index (κ2) is 13.1. The average Bonchev–Trinajstić information content (AvgIpc) is 3.28. The number of amides is 3. The SMILES string of the molecule is CC(C)[C@H](NC(=O)[C@H](Cc1ccccc1)NC(=O)OCC1c2ccccc2-c2ccccc21)C(=O)N[C@@H](C)C(=O)O. The highest BCUT2D eigenvalue weighted by Gasteiger charge is 2.32. The Hall–Kier alpha value is -4.66. The first-order chi connectivity index (χ1) is 19.7. The Kier molecular flexibility index (Phi) is 9.39. The van der Waals surface area contributed by atoms with Gasteiger partial charge in [0, 0.05) is 12.3 Å². The fraction of sp³-hybridized carbons (Fsp3) is 0.312. The fourth-order valence-corrected chi connectivity index (χ4v) is 5.00. The Bertz CT molecular complexity index is 1360. The van der Waals surface area contributed by atoms with Crippen LogP contribution in [0.5, 0.6) is 0 Å². The lowest BCUT2D eigenvalue weighted by molar-refractivity contribution is -0.142. The summed E-state index contributed by atoms with van der Waals surface area (Å²) >= 11 is 0. The standard InChI is InChI=1S/C32H35N3O6/c1-19(2)28(30(37)33-20(3)31(38)39)35-29(36)27(17-21-11-5-4-6-12-21)34-32(40)41-18-26-24-15-9-7-13-22(24)23-14-8-10-16-25(23)26/h4-16,19-20,26-28H,17-18H2,1-3H3,(H,33,37)(H,34,40)(H,35,36)(H,38,39)/t20-,27-,28-/m0/s1. The van der Waals surface area contributed by atoms with Crippen LogP contribution in [-0.4, -0.2) is 53.7 Å². The second-order valence-electron chi connectivity index (χ2n) is 10.5. The first kappa shape index (κ1) is 29.3. The van der Waals surface area contributed by atoms with E-state index in [2.05, 4.69) is 16.0 Å². The van der Waals surface area contributed by atoms with Crippen molar-refractivity contribution >= 4 is 23.9 Å². The van der Waals surface area contributed by atoms with Crippen LogP contribution in [0.2, 0.25) is 0 Å². The third-order valence-electron chi connectivity index (χ3n) is 7.21. The van der Waals surface area contributed by atoms with Gasteiger partial charge in [-0.05, 0) is 40.7 Å². The quantitative estimate of drug-likeness (QED) is 0.283. The Labute approximate surface area is 239 Å². The number of hydrogen-bond acceptors (Lipinski definition) is 5. The molecule has 41 heavy (non-hydrogen) atoms. The summed E-state index contributed by atoms with van der Waals surface area (Å²) in [5.41, 5.74) is 5.15. The highest BCUT2D eigenvalue weighted by Crippen LogP contribution is 2.44. The van der Waals surface area contributed by atoms with E-state index in [1.807, 2.05) is 78.9 Å². The van der Waals surface area contributed by atoms with Gasteiger partial charge >= 0.3 is 12.1 Å². The molecule has 3 amide bonds. The zero-order chi connectivity index (χ0) is 29.5. The van der Waals surface area contributed by atoms with Gasteiger partial charge in [0.2, 0.25) is 11.8 Å². The minimum atomic E-state index is -1.19. The lowest BCUT2D eigenvalue weighted by Gasteiger charge is -2.26. The Morgan fingerprint density at radius 2 is 1.32 bits per heavy atom. The summed E-state index contributed by atoms with van der Waals surface area (Å²) in [5.74, 6) is -2.88. The molecular weight excluding hydrogens is 522 g/mol. The van der Waals surface area contributed by atoms with Crippen molar-refractivity contribution in [1.29, 1.82) is 0 Å². The predicted molar refractivity (Wildman–Crippen MR) is 154 cm³/mol. The molecule has 9 heteroatoms. The Balaban J connectivity index is 1.47. The van der Waals surface area contributed by atoms with Crippen molar-refractivity contribution in [2.75, 3.05) is 6.61 Å². The fourth-order valence-electron chi connectivity index (χ4n) is 5.00. The zero-order valence-corrected chi connectivity index (χ0v) is 23.3. The van der Waals surface area contributed by atoms with Gasteiger partial charge in [0.1, 0.15) is 24.7 Å². The van der Waals surface area contributed by atoms with Gasteiger partial charge in [-0.1, -0.05) is 92.7 Å². The monoisotopic (exact) mass is 557 g/mol. The first-order valence-electron chi connectivity index (χ1n) is 13.6. The van der Waals surface area contributed by atoms with Crippen molar-refractivity contribution in [3.05, 3.63) is 95.6 Å². The van der Waals surface area contributed by atoms with Gasteiger partial charge in [0.05, 0.1) is 0 Å². The molecule has 0 radical (unpaired) electrons. The third-order valence-corrected chi connectivity index (χ3v) is 7.21. The number of carbonyl (C=O) groups is 4. The Morgan fingerprint density at radius 1 is 0.756 bits per heavy atom. The Morgan fingerprint density at radius 3 is 1.88 bits per heavy atom. The molecule has 0 unspecified atom stereocenters. The van der Waals surface area contributed by atoms with Gasteiger partial charge in [0.25, 0.3) is 0 Å². The summed E-state index contributed by atoms with van der Waals surface area (Å²) in [5, 5.41) is 16.9. The van der Waals surface area contributed by atoms with Crippen LogP contribution in [0.1, 0.15) is 43.4 Å².